The number of benzene rings is 1. The highest BCUT2D eigenvalue weighted by molar-refractivity contribution is 6.34. The van der Waals surface area contributed by atoms with Crippen LogP contribution in [-0.2, 0) is 16.6 Å². The van der Waals surface area contributed by atoms with Crippen LogP contribution in [0.2, 0.25) is 5.02 Å². The lowest BCUT2D eigenvalue weighted by Crippen LogP contribution is -2.56. The van der Waals surface area contributed by atoms with Crippen molar-refractivity contribution in [3.05, 3.63) is 47.4 Å². The molecule has 3 aromatic rings. The lowest BCUT2D eigenvalue weighted by Gasteiger charge is -2.44. The molecule has 4 heterocycles. The summed E-state index contributed by atoms with van der Waals surface area (Å²) in [5.41, 5.74) is 2.30. The van der Waals surface area contributed by atoms with Crippen molar-refractivity contribution in [1.29, 1.82) is 0 Å². The maximum Gasteiger partial charge on any atom is 0.229 e. The number of nitrogens with one attached hydrogen (secondary N) is 1. The van der Waals surface area contributed by atoms with Crippen LogP contribution in [-0.4, -0.2) is 70.5 Å². The van der Waals surface area contributed by atoms with E-state index in [-0.39, 0.29) is 29.2 Å². The van der Waals surface area contributed by atoms with Crippen LogP contribution in [0, 0.1) is 11.8 Å². The molecule has 8 nitrogen and oxygen atoms in total. The normalized spacial score (nSPS) is 28.6. The fourth-order valence-electron chi connectivity index (χ4n) is 6.05. The van der Waals surface area contributed by atoms with Gasteiger partial charge in [-0.15, -0.1) is 0 Å². The first-order valence-electron chi connectivity index (χ1n) is 12.8. The Labute approximate surface area is 216 Å². The van der Waals surface area contributed by atoms with Gasteiger partial charge >= 0.3 is 0 Å². The van der Waals surface area contributed by atoms with E-state index < -0.39 is 0 Å². The summed E-state index contributed by atoms with van der Waals surface area (Å²) < 4.78 is 7.45. The smallest absolute Gasteiger partial charge is 0.229 e. The number of hydrogen-bond acceptors (Lipinski definition) is 6. The minimum atomic E-state index is -0.0594. The Morgan fingerprint density at radius 1 is 1.17 bits per heavy atom. The largest absolute Gasteiger partial charge is 0.379 e. The lowest BCUT2D eigenvalue weighted by atomic mass is 9.98. The third-order valence-electron chi connectivity index (χ3n) is 8.41. The predicted molar refractivity (Wildman–Crippen MR) is 142 cm³/mol. The van der Waals surface area contributed by atoms with E-state index in [1.165, 1.54) is 0 Å². The summed E-state index contributed by atoms with van der Waals surface area (Å²) in [5, 5.41) is 10.0. The first-order chi connectivity index (χ1) is 17.3. The molecule has 36 heavy (non-hydrogen) atoms. The first kappa shape index (κ1) is 23.7. The van der Waals surface area contributed by atoms with Crippen molar-refractivity contribution >= 4 is 39.8 Å². The number of pyridine rings is 1. The number of piperazine rings is 1. The molecule has 1 aromatic carbocycles. The highest BCUT2D eigenvalue weighted by Crippen LogP contribution is 2.54. The molecule has 2 aromatic heterocycles. The van der Waals surface area contributed by atoms with E-state index in [2.05, 4.69) is 45.1 Å². The molecular formula is C27H33ClN6O2. The van der Waals surface area contributed by atoms with Crippen LogP contribution in [0.3, 0.4) is 0 Å². The zero-order valence-corrected chi connectivity index (χ0v) is 21.8. The summed E-state index contributed by atoms with van der Waals surface area (Å²) in [6.45, 7) is 9.91. The molecular weight excluding hydrogens is 476 g/mol. The molecule has 2 aliphatic heterocycles. The Morgan fingerprint density at radius 3 is 2.67 bits per heavy atom. The number of nitrogens with zero attached hydrogens (tertiary/aromatic N) is 5. The van der Waals surface area contributed by atoms with E-state index in [4.69, 9.17) is 16.3 Å². The quantitative estimate of drug-likeness (QED) is 0.563. The minimum absolute atomic E-state index is 0.0119. The monoisotopic (exact) mass is 508 g/mol. The zero-order valence-electron chi connectivity index (χ0n) is 21.1. The van der Waals surface area contributed by atoms with Crippen LogP contribution in [0.25, 0.3) is 10.8 Å². The van der Waals surface area contributed by atoms with E-state index in [9.17, 15) is 4.79 Å². The van der Waals surface area contributed by atoms with Gasteiger partial charge in [0.15, 0.2) is 0 Å². The molecule has 0 radical (unpaired) electrons. The number of anilines is 2. The van der Waals surface area contributed by atoms with E-state index in [1.807, 2.05) is 31.6 Å². The predicted octanol–water partition coefficient (Wildman–Crippen LogP) is 3.91. The van der Waals surface area contributed by atoms with Crippen LogP contribution in [0.4, 0.5) is 11.5 Å². The van der Waals surface area contributed by atoms with Gasteiger partial charge in [-0.2, -0.15) is 5.10 Å². The van der Waals surface area contributed by atoms with Gasteiger partial charge < -0.3 is 15.0 Å². The number of hydrogen-bond donors (Lipinski definition) is 1. The topological polar surface area (TPSA) is 75.5 Å². The summed E-state index contributed by atoms with van der Waals surface area (Å²) in [7, 11) is 1.90. The number of carbonyl (C=O) groups excluding carboxylic acids is 1. The van der Waals surface area contributed by atoms with Crippen LogP contribution < -0.4 is 10.2 Å². The van der Waals surface area contributed by atoms with Crippen molar-refractivity contribution in [2.45, 2.75) is 31.7 Å². The van der Waals surface area contributed by atoms with Gasteiger partial charge in [0.05, 0.1) is 23.5 Å². The molecule has 3 aliphatic rings. The molecule has 0 bridgehead atoms. The van der Waals surface area contributed by atoms with Crippen LogP contribution in [0.1, 0.15) is 31.7 Å². The molecule has 1 amide bonds. The average molecular weight is 509 g/mol. The summed E-state index contributed by atoms with van der Waals surface area (Å²) >= 11 is 6.71. The Hall–Kier alpha value is -2.68. The zero-order chi connectivity index (χ0) is 25.0. The maximum atomic E-state index is 13.0. The molecule has 1 aliphatic carbocycles. The Balaban J connectivity index is 1.16. The van der Waals surface area contributed by atoms with E-state index in [0.29, 0.717) is 5.82 Å². The number of amides is 1. The second-order valence-electron chi connectivity index (χ2n) is 10.8. The van der Waals surface area contributed by atoms with Crippen molar-refractivity contribution < 1.29 is 9.53 Å². The van der Waals surface area contributed by atoms with E-state index in [1.54, 1.807) is 10.9 Å². The Kier molecular flexibility index (Phi) is 5.93. The Morgan fingerprint density at radius 2 is 1.97 bits per heavy atom. The Bertz CT molecular complexity index is 1290. The number of fused-ring (bicyclic) bond motifs is 1. The van der Waals surface area contributed by atoms with Gasteiger partial charge in [0, 0.05) is 75.0 Å². The molecule has 4 atom stereocenters. The summed E-state index contributed by atoms with van der Waals surface area (Å²) in [5.74, 6) is 1.02. The standard InChI is InChI=1S/C27H33ClN6O2/c1-17-24(20-14-30-32(3)15-20)25(17)26(35)31-23-12-18-11-22(21(28)10-19(18)13-29-23)33-5-7-34(8-6-33)27(2)4-9-36-16-27/h10-15,17,24-25H,4-9,16H2,1-3H3,(H,29,31,35)/t17-,24+,25-,27+/m1/s1. The maximum absolute atomic E-state index is 13.0. The fraction of sp³-hybridized carbons (Fsp3) is 0.519. The van der Waals surface area contributed by atoms with E-state index in [0.717, 1.165) is 72.9 Å². The average Bonchev–Trinajstić information content (AvgIpc) is 3.15. The highest BCUT2D eigenvalue weighted by atomic mass is 35.5. The fourth-order valence-corrected chi connectivity index (χ4v) is 6.35. The highest BCUT2D eigenvalue weighted by Gasteiger charge is 2.53. The van der Waals surface area contributed by atoms with Gasteiger partial charge in [0.1, 0.15) is 5.82 Å². The van der Waals surface area contributed by atoms with Crippen LogP contribution in [0.5, 0.6) is 0 Å². The summed E-state index contributed by atoms with van der Waals surface area (Å²) in [4.78, 5) is 22.4. The van der Waals surface area contributed by atoms with Crippen molar-refractivity contribution in [2.75, 3.05) is 49.6 Å². The van der Waals surface area contributed by atoms with Crippen molar-refractivity contribution in [1.82, 2.24) is 19.7 Å². The van der Waals surface area contributed by atoms with Gasteiger partial charge in [-0.3, -0.25) is 14.4 Å². The number of aryl methyl sites for hydroxylation is 1. The number of rotatable bonds is 5. The van der Waals surface area contributed by atoms with Gasteiger partial charge in [-0.05, 0) is 48.4 Å². The lowest BCUT2D eigenvalue weighted by molar-refractivity contribution is -0.117. The molecule has 2 saturated heterocycles. The third kappa shape index (κ3) is 4.25. The molecule has 6 rings (SSSR count). The van der Waals surface area contributed by atoms with Gasteiger partial charge in [-0.25, -0.2) is 4.98 Å². The molecule has 0 unspecified atom stereocenters. The second-order valence-corrected chi connectivity index (χ2v) is 11.2. The molecule has 190 valence electrons. The first-order valence-corrected chi connectivity index (χ1v) is 13.2. The number of carbonyl (C=O) groups is 1. The third-order valence-corrected chi connectivity index (χ3v) is 8.71. The van der Waals surface area contributed by atoms with Gasteiger partial charge in [0.25, 0.3) is 0 Å². The number of ether oxygens (including phenoxy) is 1. The van der Waals surface area contributed by atoms with Gasteiger partial charge in [0.2, 0.25) is 5.91 Å². The van der Waals surface area contributed by atoms with Gasteiger partial charge in [-0.1, -0.05) is 18.5 Å². The van der Waals surface area contributed by atoms with Crippen LogP contribution in [0.15, 0.2) is 36.8 Å². The SMILES string of the molecule is C[C@H]1[C@@H](C(=O)Nc2cc3cc(N4CCN([C@@]5(C)CCOC5)CC4)c(Cl)cc3cn2)[C@@H]1c1cnn(C)c1. The molecule has 1 saturated carbocycles. The molecule has 1 N–H and O–H groups in total. The number of aromatic nitrogens is 3. The minimum Gasteiger partial charge on any atom is -0.379 e. The molecule has 0 spiro atoms. The van der Waals surface area contributed by atoms with Crippen molar-refractivity contribution in [2.24, 2.45) is 18.9 Å². The van der Waals surface area contributed by atoms with Crippen molar-refractivity contribution in [3.63, 3.8) is 0 Å². The summed E-state index contributed by atoms with van der Waals surface area (Å²) in [6, 6.07) is 6.06. The number of halogens is 1. The van der Waals surface area contributed by atoms with E-state index >= 15 is 0 Å². The molecule has 3 fully saturated rings. The van der Waals surface area contributed by atoms with Crippen LogP contribution >= 0.6 is 11.6 Å². The van der Waals surface area contributed by atoms with Crippen molar-refractivity contribution in [3.8, 4) is 0 Å². The summed E-state index contributed by atoms with van der Waals surface area (Å²) in [6.07, 6.45) is 6.73. The molecule has 9 heteroatoms. The second kappa shape index (κ2) is 9.01.